The van der Waals surface area contributed by atoms with Crippen molar-refractivity contribution in [2.45, 2.75) is 32.1 Å². The number of primary amides is 1. The normalized spacial score (nSPS) is 10.0. The molecule has 14 heavy (non-hydrogen) atoms. The van der Waals surface area contributed by atoms with E-state index in [0.717, 1.165) is 25.7 Å². The fourth-order valence-electron chi connectivity index (χ4n) is 1.35. The fraction of sp³-hybridized carbons (Fsp3) is 0.455. The van der Waals surface area contributed by atoms with Gasteiger partial charge in [0.25, 0.3) is 0 Å². The summed E-state index contributed by atoms with van der Waals surface area (Å²) < 4.78 is 0. The second kappa shape index (κ2) is 6.13. The molecule has 0 aliphatic heterocycles. The summed E-state index contributed by atoms with van der Waals surface area (Å²) in [7, 11) is 0. The third kappa shape index (κ3) is 4.60. The molecule has 0 fully saturated rings. The van der Waals surface area contributed by atoms with Crippen molar-refractivity contribution in [2.24, 2.45) is 5.73 Å². The van der Waals surface area contributed by atoms with E-state index in [0.29, 0.717) is 6.42 Å². The number of rotatable bonds is 6. The van der Waals surface area contributed by atoms with Crippen LogP contribution in [0, 0.1) is 0 Å². The Morgan fingerprint density at radius 2 is 1.93 bits per heavy atom. The molecular weight excluding hydrogens is 176 g/mol. The highest BCUT2D eigenvalue weighted by atomic mass is 16.1. The van der Waals surface area contributed by atoms with Gasteiger partial charge in [-0.2, -0.15) is 0 Å². The zero-order chi connectivity index (χ0) is 10.2. The summed E-state index contributed by atoms with van der Waals surface area (Å²) in [6, 6.07) is 4.04. The first-order valence-corrected chi connectivity index (χ1v) is 4.96. The fourth-order valence-corrected chi connectivity index (χ4v) is 1.35. The van der Waals surface area contributed by atoms with Crippen molar-refractivity contribution < 1.29 is 4.79 Å². The van der Waals surface area contributed by atoms with Crippen molar-refractivity contribution in [3.05, 3.63) is 30.1 Å². The lowest BCUT2D eigenvalue weighted by atomic mass is 10.1. The molecular formula is C11H16N2O. The summed E-state index contributed by atoms with van der Waals surface area (Å²) in [4.78, 5) is 14.4. The second-order valence-electron chi connectivity index (χ2n) is 3.38. The molecule has 0 unspecified atom stereocenters. The van der Waals surface area contributed by atoms with Crippen molar-refractivity contribution in [1.82, 2.24) is 4.98 Å². The highest BCUT2D eigenvalue weighted by Crippen LogP contribution is 2.06. The molecule has 1 rings (SSSR count). The number of carbonyl (C=O) groups is 1. The van der Waals surface area contributed by atoms with Gasteiger partial charge in [0.05, 0.1) is 0 Å². The molecule has 1 heterocycles. The van der Waals surface area contributed by atoms with Crippen LogP contribution in [-0.2, 0) is 11.2 Å². The predicted molar refractivity (Wildman–Crippen MR) is 55.6 cm³/mol. The van der Waals surface area contributed by atoms with Crippen LogP contribution in [0.3, 0.4) is 0 Å². The molecule has 3 nitrogen and oxygen atoms in total. The first-order valence-electron chi connectivity index (χ1n) is 4.96. The molecule has 3 heteroatoms. The number of nitrogens with zero attached hydrogens (tertiary/aromatic N) is 1. The van der Waals surface area contributed by atoms with E-state index >= 15 is 0 Å². The van der Waals surface area contributed by atoms with Gasteiger partial charge in [0.2, 0.25) is 5.91 Å². The van der Waals surface area contributed by atoms with Gasteiger partial charge in [-0.1, -0.05) is 6.42 Å². The van der Waals surface area contributed by atoms with Gasteiger partial charge >= 0.3 is 0 Å². The van der Waals surface area contributed by atoms with Crippen molar-refractivity contribution in [3.63, 3.8) is 0 Å². The molecule has 0 spiro atoms. The summed E-state index contributed by atoms with van der Waals surface area (Å²) in [6.07, 6.45) is 8.25. The Balaban J connectivity index is 2.08. The first-order chi connectivity index (χ1) is 6.79. The lowest BCUT2D eigenvalue weighted by molar-refractivity contribution is -0.118. The van der Waals surface area contributed by atoms with Crippen molar-refractivity contribution in [3.8, 4) is 0 Å². The van der Waals surface area contributed by atoms with Gasteiger partial charge in [0, 0.05) is 18.8 Å². The molecule has 1 aromatic rings. The Morgan fingerprint density at radius 1 is 1.21 bits per heavy atom. The maximum Gasteiger partial charge on any atom is 0.217 e. The minimum Gasteiger partial charge on any atom is -0.370 e. The summed E-state index contributed by atoms with van der Waals surface area (Å²) in [5.74, 6) is -0.200. The van der Waals surface area contributed by atoms with E-state index in [1.54, 1.807) is 12.4 Å². The van der Waals surface area contributed by atoms with Crippen molar-refractivity contribution in [2.75, 3.05) is 0 Å². The average molecular weight is 192 g/mol. The molecule has 0 aliphatic rings. The Bertz CT molecular complexity index is 272. The molecule has 0 saturated heterocycles. The standard InChI is InChI=1S/C11H16N2O/c12-11(14)5-3-1-2-4-10-6-8-13-9-7-10/h6-9H,1-5H2,(H2,12,14). The van der Waals surface area contributed by atoms with E-state index in [4.69, 9.17) is 5.73 Å². The third-order valence-corrected chi connectivity index (χ3v) is 2.14. The van der Waals surface area contributed by atoms with Gasteiger partial charge in [-0.25, -0.2) is 0 Å². The summed E-state index contributed by atoms with van der Waals surface area (Å²) in [5, 5.41) is 0. The summed E-state index contributed by atoms with van der Waals surface area (Å²) in [6.45, 7) is 0. The van der Waals surface area contributed by atoms with Crippen LogP contribution in [0.2, 0.25) is 0 Å². The van der Waals surface area contributed by atoms with Crippen LogP contribution >= 0.6 is 0 Å². The zero-order valence-electron chi connectivity index (χ0n) is 8.28. The number of hydrogen-bond acceptors (Lipinski definition) is 2. The monoisotopic (exact) mass is 192 g/mol. The van der Waals surface area contributed by atoms with E-state index in [1.807, 2.05) is 12.1 Å². The second-order valence-corrected chi connectivity index (χ2v) is 3.38. The zero-order valence-corrected chi connectivity index (χ0v) is 8.28. The molecule has 2 N–H and O–H groups in total. The Hall–Kier alpha value is -1.38. The van der Waals surface area contributed by atoms with Crippen molar-refractivity contribution >= 4 is 5.91 Å². The number of aromatic nitrogens is 1. The van der Waals surface area contributed by atoms with E-state index in [-0.39, 0.29) is 5.91 Å². The van der Waals surface area contributed by atoms with Crippen LogP contribution in [0.25, 0.3) is 0 Å². The van der Waals surface area contributed by atoms with Crippen LogP contribution < -0.4 is 5.73 Å². The Labute approximate surface area is 84.3 Å². The molecule has 0 saturated carbocycles. The van der Waals surface area contributed by atoms with Crippen LogP contribution in [0.4, 0.5) is 0 Å². The van der Waals surface area contributed by atoms with Gasteiger partial charge in [-0.05, 0) is 37.0 Å². The largest absolute Gasteiger partial charge is 0.370 e. The van der Waals surface area contributed by atoms with E-state index in [2.05, 4.69) is 4.98 Å². The summed E-state index contributed by atoms with van der Waals surface area (Å²) >= 11 is 0. The number of aryl methyl sites for hydroxylation is 1. The van der Waals surface area contributed by atoms with E-state index in [1.165, 1.54) is 5.56 Å². The molecule has 76 valence electrons. The highest BCUT2D eigenvalue weighted by molar-refractivity contribution is 5.73. The quantitative estimate of drug-likeness (QED) is 0.697. The molecule has 0 radical (unpaired) electrons. The number of nitrogens with two attached hydrogens (primary N) is 1. The lowest BCUT2D eigenvalue weighted by Crippen LogP contribution is -2.09. The topological polar surface area (TPSA) is 56.0 Å². The highest BCUT2D eigenvalue weighted by Gasteiger charge is 1.95. The van der Waals surface area contributed by atoms with Crippen LogP contribution in [0.5, 0.6) is 0 Å². The van der Waals surface area contributed by atoms with Gasteiger partial charge in [0.1, 0.15) is 0 Å². The van der Waals surface area contributed by atoms with E-state index in [9.17, 15) is 4.79 Å². The molecule has 0 aromatic carbocycles. The smallest absolute Gasteiger partial charge is 0.217 e. The Kier molecular flexibility index (Phi) is 4.69. The molecule has 1 aromatic heterocycles. The van der Waals surface area contributed by atoms with Gasteiger partial charge < -0.3 is 5.73 Å². The van der Waals surface area contributed by atoms with Gasteiger partial charge in [0.15, 0.2) is 0 Å². The maximum absolute atomic E-state index is 10.4. The van der Waals surface area contributed by atoms with Gasteiger partial charge in [-0.15, -0.1) is 0 Å². The number of amides is 1. The van der Waals surface area contributed by atoms with Crippen LogP contribution in [0.1, 0.15) is 31.2 Å². The first kappa shape index (κ1) is 10.7. The number of carbonyl (C=O) groups excluding carboxylic acids is 1. The third-order valence-electron chi connectivity index (χ3n) is 2.14. The maximum atomic E-state index is 10.4. The van der Waals surface area contributed by atoms with Crippen molar-refractivity contribution in [1.29, 1.82) is 0 Å². The van der Waals surface area contributed by atoms with Crippen LogP contribution in [-0.4, -0.2) is 10.9 Å². The average Bonchev–Trinajstić information content (AvgIpc) is 2.18. The number of pyridine rings is 1. The molecule has 1 amide bonds. The van der Waals surface area contributed by atoms with Gasteiger partial charge in [-0.3, -0.25) is 9.78 Å². The lowest BCUT2D eigenvalue weighted by Gasteiger charge is -1.99. The minimum absolute atomic E-state index is 0.200. The number of unbranched alkanes of at least 4 members (excludes halogenated alkanes) is 2. The molecule has 0 aliphatic carbocycles. The Morgan fingerprint density at radius 3 is 2.57 bits per heavy atom. The molecule has 0 bridgehead atoms. The minimum atomic E-state index is -0.200. The number of hydrogen-bond donors (Lipinski definition) is 1. The summed E-state index contributed by atoms with van der Waals surface area (Å²) in [5.41, 5.74) is 6.34. The van der Waals surface area contributed by atoms with E-state index < -0.39 is 0 Å². The predicted octanol–water partition coefficient (Wildman–Crippen LogP) is 1.67. The molecule has 0 atom stereocenters. The van der Waals surface area contributed by atoms with Crippen LogP contribution in [0.15, 0.2) is 24.5 Å². The SMILES string of the molecule is NC(=O)CCCCCc1ccncc1.